The number of nitrogens with one attached hydrogen (secondary N) is 3. The van der Waals surface area contributed by atoms with Crippen molar-refractivity contribution in [2.75, 3.05) is 24.9 Å². The van der Waals surface area contributed by atoms with Gasteiger partial charge in [-0.25, -0.2) is 9.78 Å². The number of aryl methyl sites for hydroxylation is 1. The number of alkyl carbamates (subject to hydrolysis) is 1. The van der Waals surface area contributed by atoms with Crippen LogP contribution in [-0.2, 0) is 4.74 Å². The highest BCUT2D eigenvalue weighted by atomic mass is 16.6. The minimum atomic E-state index is -0.593. The maximum absolute atomic E-state index is 12.5. The molecule has 4 rings (SSSR count). The first-order chi connectivity index (χ1) is 18.1. The number of aromatic nitrogens is 4. The second-order valence-electron chi connectivity index (χ2n) is 10.2. The number of ether oxygens (including phenoxy) is 3. The van der Waals surface area contributed by atoms with Crippen molar-refractivity contribution >= 4 is 29.2 Å². The van der Waals surface area contributed by atoms with E-state index in [1.807, 2.05) is 20.8 Å². The Bertz CT molecular complexity index is 1340. The zero-order chi connectivity index (χ0) is 27.4. The third kappa shape index (κ3) is 6.16. The number of anilines is 3. The predicted molar refractivity (Wildman–Crippen MR) is 142 cm³/mol. The van der Waals surface area contributed by atoms with Crippen LogP contribution in [0.15, 0.2) is 18.2 Å². The summed E-state index contributed by atoms with van der Waals surface area (Å²) < 4.78 is 17.8. The fourth-order valence-corrected chi connectivity index (χ4v) is 4.44. The molecular weight excluding hydrogens is 488 g/mol. The second kappa shape index (κ2) is 11.0. The first kappa shape index (κ1) is 26.8. The smallest absolute Gasteiger partial charge is 0.407 e. The molecule has 3 aromatic rings. The number of hydrogen-bond acceptors (Lipinski definition) is 10. The summed E-state index contributed by atoms with van der Waals surface area (Å²) in [5.74, 6) is 2.37. The minimum Gasteiger partial charge on any atom is -0.497 e. The van der Waals surface area contributed by atoms with Gasteiger partial charge in [0, 0.05) is 29.9 Å². The Morgan fingerprint density at radius 3 is 2.34 bits per heavy atom. The third-order valence-electron chi connectivity index (χ3n) is 6.10. The highest BCUT2D eigenvalue weighted by molar-refractivity contribution is 5.74. The summed E-state index contributed by atoms with van der Waals surface area (Å²) in [6.45, 7) is 7.26. The molecule has 1 aliphatic carbocycles. The van der Waals surface area contributed by atoms with Gasteiger partial charge in [0.05, 0.1) is 20.3 Å². The lowest BCUT2D eigenvalue weighted by Gasteiger charge is -2.33. The van der Waals surface area contributed by atoms with Crippen LogP contribution in [0.4, 0.5) is 22.2 Å². The Morgan fingerprint density at radius 2 is 1.74 bits per heavy atom. The molecule has 2 aromatic heterocycles. The molecule has 2 heterocycles. The molecule has 12 heteroatoms. The van der Waals surface area contributed by atoms with Crippen molar-refractivity contribution in [1.82, 2.24) is 24.9 Å². The van der Waals surface area contributed by atoms with Crippen molar-refractivity contribution in [2.45, 2.75) is 71.1 Å². The molecule has 0 unspecified atom stereocenters. The first-order valence-corrected chi connectivity index (χ1v) is 12.5. The predicted octanol–water partition coefficient (Wildman–Crippen LogP) is 4.31. The minimum absolute atomic E-state index is 0.130. The molecule has 202 valence electrons. The van der Waals surface area contributed by atoms with E-state index >= 15 is 0 Å². The molecule has 12 nitrogen and oxygen atoms in total. The van der Waals surface area contributed by atoms with E-state index in [-0.39, 0.29) is 17.6 Å². The van der Waals surface area contributed by atoms with Gasteiger partial charge in [0.15, 0.2) is 11.5 Å². The number of carbonyl (C=O) groups excluding carboxylic acids is 1. The van der Waals surface area contributed by atoms with Crippen molar-refractivity contribution in [1.29, 1.82) is 5.26 Å². The van der Waals surface area contributed by atoms with Gasteiger partial charge in [-0.15, -0.1) is 5.10 Å². The first-order valence-electron chi connectivity index (χ1n) is 12.5. The molecule has 0 spiro atoms. The highest BCUT2D eigenvalue weighted by Gasteiger charge is 2.30. The van der Waals surface area contributed by atoms with E-state index in [0.717, 1.165) is 25.7 Å². The van der Waals surface area contributed by atoms with Gasteiger partial charge >= 0.3 is 6.09 Å². The molecule has 1 fully saturated rings. The SMILES string of the molecule is COc1cc(Nc2nc(N[C@H]3CCCC[C@H]3NC(=O)OC(C)(C)C)n3nc(C)nc3c2C#N)cc(OC)c1. The van der Waals surface area contributed by atoms with E-state index in [1.165, 1.54) is 4.52 Å². The molecular formula is C26H34N8O4. The summed E-state index contributed by atoms with van der Waals surface area (Å²) in [7, 11) is 3.13. The molecule has 1 saturated carbocycles. The van der Waals surface area contributed by atoms with E-state index in [9.17, 15) is 10.1 Å². The van der Waals surface area contributed by atoms with E-state index in [4.69, 9.17) is 19.2 Å². The van der Waals surface area contributed by atoms with Crippen LogP contribution in [0.5, 0.6) is 11.5 Å². The van der Waals surface area contributed by atoms with E-state index in [0.29, 0.717) is 40.4 Å². The zero-order valence-corrected chi connectivity index (χ0v) is 22.6. The number of nitrogens with zero attached hydrogens (tertiary/aromatic N) is 5. The summed E-state index contributed by atoms with van der Waals surface area (Å²) in [5.41, 5.74) is 0.639. The Hall–Kier alpha value is -4.27. The third-order valence-corrected chi connectivity index (χ3v) is 6.10. The average molecular weight is 523 g/mol. The standard InChI is InChI=1S/C26H34N8O4/c1-15-28-23-19(14-27)22(29-16-11-17(36-5)13-18(12-16)37-6)32-24(34(23)33-15)30-20-9-7-8-10-21(20)31-25(35)38-26(2,3)4/h11-13,20-21,29H,7-10H2,1-6H3,(H,30,32)(H,31,35)/t20-,21+/m0/s1. The maximum atomic E-state index is 12.5. The van der Waals surface area contributed by atoms with E-state index in [2.05, 4.69) is 32.1 Å². The van der Waals surface area contributed by atoms with Gasteiger partial charge < -0.3 is 30.2 Å². The molecule has 0 saturated heterocycles. The lowest BCUT2D eigenvalue weighted by molar-refractivity contribution is 0.0488. The van der Waals surface area contributed by atoms with Crippen LogP contribution in [0.3, 0.4) is 0 Å². The Labute approximate surface area is 221 Å². The number of fused-ring (bicyclic) bond motifs is 1. The van der Waals surface area contributed by atoms with E-state index < -0.39 is 11.7 Å². The topological polar surface area (TPSA) is 148 Å². The Morgan fingerprint density at radius 1 is 1.08 bits per heavy atom. The summed E-state index contributed by atoms with van der Waals surface area (Å²) >= 11 is 0. The number of amides is 1. The zero-order valence-electron chi connectivity index (χ0n) is 22.6. The summed E-state index contributed by atoms with van der Waals surface area (Å²) in [4.78, 5) is 21.7. The number of hydrogen-bond donors (Lipinski definition) is 3. The molecule has 0 radical (unpaired) electrons. The number of nitriles is 1. The molecule has 3 N–H and O–H groups in total. The lowest BCUT2D eigenvalue weighted by Crippen LogP contribution is -2.50. The van der Waals surface area contributed by atoms with Crippen LogP contribution >= 0.6 is 0 Å². The number of carbonyl (C=O) groups is 1. The monoisotopic (exact) mass is 522 g/mol. The van der Waals surface area contributed by atoms with Crippen LogP contribution in [0.2, 0.25) is 0 Å². The molecule has 0 bridgehead atoms. The number of benzene rings is 1. The van der Waals surface area contributed by atoms with Gasteiger partial charge in [0.2, 0.25) is 5.95 Å². The Kier molecular flexibility index (Phi) is 7.75. The van der Waals surface area contributed by atoms with E-state index in [1.54, 1.807) is 39.3 Å². The van der Waals surface area contributed by atoms with Crippen LogP contribution < -0.4 is 25.4 Å². The highest BCUT2D eigenvalue weighted by Crippen LogP contribution is 2.31. The largest absolute Gasteiger partial charge is 0.497 e. The van der Waals surface area contributed by atoms with Crippen LogP contribution in [0.1, 0.15) is 57.8 Å². The van der Waals surface area contributed by atoms with Crippen molar-refractivity contribution in [2.24, 2.45) is 0 Å². The van der Waals surface area contributed by atoms with Crippen molar-refractivity contribution in [3.8, 4) is 17.6 Å². The summed E-state index contributed by atoms with van der Waals surface area (Å²) in [6.07, 6.45) is 3.13. The summed E-state index contributed by atoms with van der Waals surface area (Å²) in [5, 5.41) is 24.2. The molecule has 0 aliphatic heterocycles. The number of methoxy groups -OCH3 is 2. The van der Waals surface area contributed by atoms with Crippen molar-refractivity contribution < 1.29 is 19.0 Å². The quantitative estimate of drug-likeness (QED) is 0.410. The van der Waals surface area contributed by atoms with Crippen LogP contribution in [-0.4, -0.2) is 57.6 Å². The van der Waals surface area contributed by atoms with Crippen LogP contribution in [0, 0.1) is 18.3 Å². The molecule has 2 atom stereocenters. The van der Waals surface area contributed by atoms with Gasteiger partial charge in [-0.1, -0.05) is 12.8 Å². The average Bonchev–Trinajstić information content (AvgIpc) is 3.25. The van der Waals surface area contributed by atoms with Gasteiger partial charge in [0.1, 0.15) is 34.6 Å². The molecule has 1 amide bonds. The number of rotatable bonds is 7. The Balaban J connectivity index is 1.69. The molecule has 38 heavy (non-hydrogen) atoms. The van der Waals surface area contributed by atoms with Crippen LogP contribution in [0.25, 0.3) is 5.65 Å². The normalized spacial score (nSPS) is 17.4. The van der Waals surface area contributed by atoms with Crippen molar-refractivity contribution in [3.63, 3.8) is 0 Å². The fourth-order valence-electron chi connectivity index (χ4n) is 4.44. The summed E-state index contributed by atoms with van der Waals surface area (Å²) in [6, 6.07) is 7.21. The maximum Gasteiger partial charge on any atom is 0.407 e. The van der Waals surface area contributed by atoms with Gasteiger partial charge in [-0.3, -0.25) is 0 Å². The van der Waals surface area contributed by atoms with Gasteiger partial charge in [-0.2, -0.15) is 14.8 Å². The lowest BCUT2D eigenvalue weighted by atomic mass is 9.90. The van der Waals surface area contributed by atoms with Gasteiger partial charge in [0.25, 0.3) is 0 Å². The van der Waals surface area contributed by atoms with Crippen molar-refractivity contribution in [3.05, 3.63) is 29.6 Å². The fraction of sp³-hybridized carbons (Fsp3) is 0.500. The van der Waals surface area contributed by atoms with Gasteiger partial charge in [-0.05, 0) is 40.5 Å². The second-order valence-corrected chi connectivity index (χ2v) is 10.2. The molecule has 1 aliphatic rings. The molecule has 1 aromatic carbocycles.